The first-order valence-corrected chi connectivity index (χ1v) is 5.59. The molecule has 0 aliphatic carbocycles. The molecule has 0 aromatic carbocycles. The number of carbonyl (C=O) groups excluding carboxylic acids is 1. The number of nitrogens with one attached hydrogen (secondary N) is 2. The monoisotopic (exact) mass is 256 g/mol. The van der Waals surface area contributed by atoms with E-state index in [0.29, 0.717) is 29.6 Å². The topological polar surface area (TPSA) is 89.3 Å². The van der Waals surface area contributed by atoms with E-state index in [0.717, 1.165) is 6.42 Å². The molecule has 1 fully saturated rings. The molecule has 4 N–H and O–H groups in total. The number of rotatable bonds is 3. The number of pyridine rings is 1. The molecule has 1 aromatic rings. The lowest BCUT2D eigenvalue weighted by atomic mass is 10.2. The van der Waals surface area contributed by atoms with Gasteiger partial charge in [0.05, 0.1) is 23.2 Å². The smallest absolute Gasteiger partial charge is 0.253 e. The number of hydrogen-bond acceptors (Lipinski definition) is 5. The zero-order chi connectivity index (χ0) is 12.3. The van der Waals surface area contributed by atoms with Crippen LogP contribution in [0.1, 0.15) is 16.8 Å². The third-order valence-electron chi connectivity index (χ3n) is 2.50. The molecule has 6 nitrogen and oxygen atoms in total. The molecule has 1 saturated heterocycles. The van der Waals surface area contributed by atoms with E-state index >= 15 is 0 Å². The number of hydrogen-bond donors (Lipinski definition) is 3. The summed E-state index contributed by atoms with van der Waals surface area (Å²) in [5.41, 5.74) is 2.74. The largest absolute Gasteiger partial charge is 0.379 e. The van der Waals surface area contributed by atoms with E-state index in [9.17, 15) is 4.79 Å². The maximum Gasteiger partial charge on any atom is 0.253 e. The molecule has 1 aromatic heterocycles. The standard InChI is InChI=1S/C10H13ClN4O2/c11-8-3-6(4-13-9(8)15-12)10(16)14-7-1-2-17-5-7/h3-4,7H,1-2,5,12H2,(H,13,15)(H,14,16). The summed E-state index contributed by atoms with van der Waals surface area (Å²) in [4.78, 5) is 15.8. The van der Waals surface area contributed by atoms with E-state index in [1.165, 1.54) is 12.3 Å². The number of aromatic nitrogens is 1. The number of carbonyl (C=O) groups is 1. The van der Waals surface area contributed by atoms with E-state index in [2.05, 4.69) is 15.7 Å². The molecule has 0 spiro atoms. The molecule has 1 amide bonds. The highest BCUT2D eigenvalue weighted by Gasteiger charge is 2.19. The Labute approximate surface area is 103 Å². The summed E-state index contributed by atoms with van der Waals surface area (Å²) in [5.74, 6) is 5.33. The van der Waals surface area contributed by atoms with Crippen molar-refractivity contribution < 1.29 is 9.53 Å². The summed E-state index contributed by atoms with van der Waals surface area (Å²) in [7, 11) is 0. The molecule has 1 aliphatic heterocycles. The zero-order valence-corrected chi connectivity index (χ0v) is 9.83. The predicted molar refractivity (Wildman–Crippen MR) is 63.7 cm³/mol. The van der Waals surface area contributed by atoms with E-state index in [4.69, 9.17) is 22.2 Å². The lowest BCUT2D eigenvalue weighted by Crippen LogP contribution is -2.35. The molecule has 17 heavy (non-hydrogen) atoms. The van der Waals surface area contributed by atoms with Gasteiger partial charge in [-0.2, -0.15) is 0 Å². The van der Waals surface area contributed by atoms with Gasteiger partial charge in [-0.15, -0.1) is 0 Å². The molecule has 1 aliphatic rings. The van der Waals surface area contributed by atoms with Gasteiger partial charge in [0.1, 0.15) is 0 Å². The van der Waals surface area contributed by atoms with Crippen molar-refractivity contribution in [2.45, 2.75) is 12.5 Å². The zero-order valence-electron chi connectivity index (χ0n) is 9.07. The van der Waals surface area contributed by atoms with Crippen LogP contribution in [0, 0.1) is 0 Å². The van der Waals surface area contributed by atoms with Crippen LogP contribution in [0.15, 0.2) is 12.3 Å². The summed E-state index contributed by atoms with van der Waals surface area (Å²) >= 11 is 5.88. The maximum absolute atomic E-state index is 11.8. The van der Waals surface area contributed by atoms with E-state index in [1.54, 1.807) is 0 Å². The first-order valence-electron chi connectivity index (χ1n) is 5.21. The van der Waals surface area contributed by atoms with Gasteiger partial charge < -0.3 is 15.5 Å². The van der Waals surface area contributed by atoms with Crippen molar-refractivity contribution in [3.05, 3.63) is 22.8 Å². The highest BCUT2D eigenvalue weighted by molar-refractivity contribution is 6.33. The van der Waals surface area contributed by atoms with Crippen molar-refractivity contribution in [1.82, 2.24) is 10.3 Å². The normalized spacial score (nSPS) is 19.1. The molecule has 92 valence electrons. The lowest BCUT2D eigenvalue weighted by Gasteiger charge is -2.11. The van der Waals surface area contributed by atoms with Crippen LogP contribution in [0.3, 0.4) is 0 Å². The second-order valence-electron chi connectivity index (χ2n) is 3.73. The van der Waals surface area contributed by atoms with Crippen LogP contribution in [0.5, 0.6) is 0 Å². The number of amides is 1. The van der Waals surface area contributed by atoms with Gasteiger partial charge in [-0.05, 0) is 12.5 Å². The average Bonchev–Trinajstić information content (AvgIpc) is 2.81. The Balaban J connectivity index is 2.05. The van der Waals surface area contributed by atoms with Crippen molar-refractivity contribution in [3.63, 3.8) is 0 Å². The first kappa shape index (κ1) is 12.1. The minimum Gasteiger partial charge on any atom is -0.379 e. The van der Waals surface area contributed by atoms with Crippen molar-refractivity contribution in [3.8, 4) is 0 Å². The van der Waals surface area contributed by atoms with Gasteiger partial charge in [-0.1, -0.05) is 11.6 Å². The number of hydrazine groups is 1. The van der Waals surface area contributed by atoms with Gasteiger partial charge >= 0.3 is 0 Å². The van der Waals surface area contributed by atoms with Crippen LogP contribution in [0.25, 0.3) is 0 Å². The van der Waals surface area contributed by atoms with Crippen molar-refractivity contribution in [2.75, 3.05) is 18.6 Å². The van der Waals surface area contributed by atoms with Gasteiger partial charge in [0, 0.05) is 12.8 Å². The SMILES string of the molecule is NNc1ncc(C(=O)NC2CCOC2)cc1Cl. The van der Waals surface area contributed by atoms with Crippen molar-refractivity contribution in [2.24, 2.45) is 5.84 Å². The second-order valence-corrected chi connectivity index (χ2v) is 4.14. The summed E-state index contributed by atoms with van der Waals surface area (Å²) < 4.78 is 5.17. The fourth-order valence-corrected chi connectivity index (χ4v) is 1.81. The van der Waals surface area contributed by atoms with Crippen LogP contribution >= 0.6 is 11.6 Å². The van der Waals surface area contributed by atoms with Crippen LogP contribution in [-0.4, -0.2) is 30.1 Å². The van der Waals surface area contributed by atoms with E-state index in [1.807, 2.05) is 0 Å². The Morgan fingerprint density at radius 3 is 3.06 bits per heavy atom. The minimum absolute atomic E-state index is 0.0635. The van der Waals surface area contributed by atoms with Crippen LogP contribution in [0.4, 0.5) is 5.82 Å². The van der Waals surface area contributed by atoms with Gasteiger partial charge in [-0.3, -0.25) is 4.79 Å². The highest BCUT2D eigenvalue weighted by atomic mass is 35.5. The predicted octanol–water partition coefficient (Wildman–Crippen LogP) is 0.539. The number of nitrogens with two attached hydrogens (primary N) is 1. The summed E-state index contributed by atoms with van der Waals surface area (Å²) in [5, 5.41) is 3.15. The lowest BCUT2D eigenvalue weighted by molar-refractivity contribution is 0.0929. The molecule has 0 bridgehead atoms. The summed E-state index contributed by atoms with van der Waals surface area (Å²) in [6, 6.07) is 1.59. The Morgan fingerprint density at radius 2 is 2.47 bits per heavy atom. The fraction of sp³-hybridized carbons (Fsp3) is 0.400. The third-order valence-corrected chi connectivity index (χ3v) is 2.79. The Kier molecular flexibility index (Phi) is 3.78. The fourth-order valence-electron chi connectivity index (χ4n) is 1.59. The Hall–Kier alpha value is -1.37. The third kappa shape index (κ3) is 2.85. The Bertz CT molecular complexity index is 421. The number of halogens is 1. The highest BCUT2D eigenvalue weighted by Crippen LogP contribution is 2.19. The molecule has 7 heteroatoms. The molecule has 0 radical (unpaired) electrons. The molecule has 0 saturated carbocycles. The van der Waals surface area contributed by atoms with Crippen molar-refractivity contribution in [1.29, 1.82) is 0 Å². The quantitative estimate of drug-likeness (QED) is 0.543. The molecule has 2 rings (SSSR count). The van der Waals surface area contributed by atoms with Crippen molar-refractivity contribution >= 4 is 23.3 Å². The number of ether oxygens (including phenoxy) is 1. The number of nitrogen functional groups attached to an aromatic ring is 1. The minimum atomic E-state index is -0.210. The van der Waals surface area contributed by atoms with Crippen LogP contribution < -0.4 is 16.6 Å². The number of nitrogens with zero attached hydrogens (tertiary/aromatic N) is 1. The molecular formula is C10H13ClN4O2. The van der Waals surface area contributed by atoms with Gasteiger partial charge in [0.25, 0.3) is 5.91 Å². The van der Waals surface area contributed by atoms with Gasteiger partial charge in [0.15, 0.2) is 5.82 Å². The Morgan fingerprint density at radius 1 is 1.65 bits per heavy atom. The van der Waals surface area contributed by atoms with Gasteiger partial charge in [0.2, 0.25) is 0 Å². The van der Waals surface area contributed by atoms with E-state index < -0.39 is 0 Å². The van der Waals surface area contributed by atoms with Crippen LogP contribution in [0.2, 0.25) is 5.02 Å². The maximum atomic E-state index is 11.8. The molecule has 2 heterocycles. The second kappa shape index (κ2) is 5.31. The van der Waals surface area contributed by atoms with E-state index in [-0.39, 0.29) is 11.9 Å². The average molecular weight is 257 g/mol. The van der Waals surface area contributed by atoms with Crippen LogP contribution in [-0.2, 0) is 4.74 Å². The number of anilines is 1. The molecule has 1 unspecified atom stereocenters. The van der Waals surface area contributed by atoms with Gasteiger partial charge in [-0.25, -0.2) is 10.8 Å². The molecule has 1 atom stereocenters. The summed E-state index contributed by atoms with van der Waals surface area (Å²) in [6.07, 6.45) is 2.25. The first-order chi connectivity index (χ1) is 8.20. The molecular weight excluding hydrogens is 244 g/mol. The summed E-state index contributed by atoms with van der Waals surface area (Å²) in [6.45, 7) is 1.23.